The number of halogens is 1. The lowest BCUT2D eigenvalue weighted by molar-refractivity contribution is 0.102. The summed E-state index contributed by atoms with van der Waals surface area (Å²) in [4.78, 5) is 12.3. The molecule has 2 rings (SSSR count). The number of amides is 1. The Bertz CT molecular complexity index is 674. The predicted octanol–water partition coefficient (Wildman–Crippen LogP) is 3.30. The van der Waals surface area contributed by atoms with Gasteiger partial charge in [0.05, 0.1) is 19.9 Å². The minimum Gasteiger partial charge on any atom is -0.497 e. The van der Waals surface area contributed by atoms with Gasteiger partial charge in [0.2, 0.25) is 0 Å². The molecule has 0 aromatic heterocycles. The number of hydrogen-bond acceptors (Lipinski definition) is 4. The molecule has 0 radical (unpaired) electrons. The number of carbonyl (C=O) groups excluding carboxylic acids is 1. The standard InChI is InChI=1S/C15H15BrN2O3/c1-20-10-4-6-14(21-2)13(8-10)18-15(19)9-3-5-12(17)11(16)7-9/h3-8H,17H2,1-2H3,(H,18,19). The molecule has 0 aliphatic rings. The summed E-state index contributed by atoms with van der Waals surface area (Å²) in [7, 11) is 3.10. The predicted molar refractivity (Wildman–Crippen MR) is 86.1 cm³/mol. The minimum atomic E-state index is -0.262. The van der Waals surface area contributed by atoms with E-state index in [2.05, 4.69) is 21.2 Å². The van der Waals surface area contributed by atoms with Gasteiger partial charge in [0.15, 0.2) is 0 Å². The van der Waals surface area contributed by atoms with Crippen LogP contribution < -0.4 is 20.5 Å². The van der Waals surface area contributed by atoms with Gasteiger partial charge in [-0.2, -0.15) is 0 Å². The number of ether oxygens (including phenoxy) is 2. The monoisotopic (exact) mass is 350 g/mol. The van der Waals surface area contributed by atoms with Crippen LogP contribution in [-0.2, 0) is 0 Å². The summed E-state index contributed by atoms with van der Waals surface area (Å²) in [6.07, 6.45) is 0. The zero-order valence-electron chi connectivity index (χ0n) is 11.6. The van der Waals surface area contributed by atoms with Crippen molar-refractivity contribution in [1.82, 2.24) is 0 Å². The molecule has 0 fully saturated rings. The highest BCUT2D eigenvalue weighted by atomic mass is 79.9. The van der Waals surface area contributed by atoms with Crippen LogP contribution in [0.25, 0.3) is 0 Å². The van der Waals surface area contributed by atoms with E-state index in [0.717, 1.165) is 0 Å². The van der Waals surface area contributed by atoms with Crippen LogP contribution in [0.3, 0.4) is 0 Å². The number of nitrogen functional groups attached to an aromatic ring is 1. The van der Waals surface area contributed by atoms with Crippen LogP contribution in [0.5, 0.6) is 11.5 Å². The van der Waals surface area contributed by atoms with E-state index < -0.39 is 0 Å². The second kappa shape index (κ2) is 6.49. The fraction of sp³-hybridized carbons (Fsp3) is 0.133. The van der Waals surface area contributed by atoms with Gasteiger partial charge in [-0.15, -0.1) is 0 Å². The van der Waals surface area contributed by atoms with Crippen molar-refractivity contribution < 1.29 is 14.3 Å². The molecule has 0 bridgehead atoms. The molecule has 110 valence electrons. The third kappa shape index (κ3) is 3.46. The Labute approximate surface area is 131 Å². The molecule has 0 saturated carbocycles. The van der Waals surface area contributed by atoms with Gasteiger partial charge in [0.25, 0.3) is 5.91 Å². The molecule has 0 saturated heterocycles. The number of rotatable bonds is 4. The number of nitrogens with two attached hydrogens (primary N) is 1. The summed E-state index contributed by atoms with van der Waals surface area (Å²) >= 11 is 3.30. The topological polar surface area (TPSA) is 73.6 Å². The first-order valence-electron chi connectivity index (χ1n) is 6.13. The van der Waals surface area contributed by atoms with Crippen LogP contribution >= 0.6 is 15.9 Å². The van der Waals surface area contributed by atoms with E-state index in [1.165, 1.54) is 7.11 Å². The Kier molecular flexibility index (Phi) is 4.70. The maximum absolute atomic E-state index is 12.3. The van der Waals surface area contributed by atoms with Crippen molar-refractivity contribution in [2.75, 3.05) is 25.3 Å². The van der Waals surface area contributed by atoms with Crippen LogP contribution in [0.15, 0.2) is 40.9 Å². The molecule has 2 aromatic rings. The van der Waals surface area contributed by atoms with Gasteiger partial charge in [0, 0.05) is 21.8 Å². The summed E-state index contributed by atoms with van der Waals surface area (Å²) < 4.78 is 11.0. The molecule has 21 heavy (non-hydrogen) atoms. The Morgan fingerprint density at radius 2 is 1.90 bits per heavy atom. The maximum Gasteiger partial charge on any atom is 0.255 e. The van der Waals surface area contributed by atoms with Gasteiger partial charge in [-0.1, -0.05) is 0 Å². The van der Waals surface area contributed by atoms with E-state index in [0.29, 0.717) is 32.9 Å². The Hall–Kier alpha value is -2.21. The highest BCUT2D eigenvalue weighted by molar-refractivity contribution is 9.10. The van der Waals surface area contributed by atoms with Crippen LogP contribution in [0.1, 0.15) is 10.4 Å². The van der Waals surface area contributed by atoms with Crippen LogP contribution in [0.2, 0.25) is 0 Å². The van der Waals surface area contributed by atoms with Gasteiger partial charge < -0.3 is 20.5 Å². The highest BCUT2D eigenvalue weighted by Gasteiger charge is 2.12. The van der Waals surface area contributed by atoms with Crippen molar-refractivity contribution in [3.8, 4) is 11.5 Å². The lowest BCUT2D eigenvalue weighted by Crippen LogP contribution is -2.13. The molecule has 5 nitrogen and oxygen atoms in total. The number of methoxy groups -OCH3 is 2. The Balaban J connectivity index is 2.28. The SMILES string of the molecule is COc1ccc(OC)c(NC(=O)c2ccc(N)c(Br)c2)c1. The van der Waals surface area contributed by atoms with Gasteiger partial charge in [-0.05, 0) is 46.3 Å². The average Bonchev–Trinajstić information content (AvgIpc) is 2.49. The third-order valence-corrected chi connectivity index (χ3v) is 3.60. The normalized spacial score (nSPS) is 10.0. The molecule has 0 unspecified atom stereocenters. The zero-order chi connectivity index (χ0) is 15.4. The number of nitrogens with one attached hydrogen (secondary N) is 1. The highest BCUT2D eigenvalue weighted by Crippen LogP contribution is 2.29. The van der Waals surface area contributed by atoms with Crippen molar-refractivity contribution in [2.24, 2.45) is 0 Å². The lowest BCUT2D eigenvalue weighted by atomic mass is 10.2. The second-order valence-electron chi connectivity index (χ2n) is 4.26. The van der Waals surface area contributed by atoms with Crippen molar-refractivity contribution in [2.45, 2.75) is 0 Å². The molecule has 2 aromatic carbocycles. The van der Waals surface area contributed by atoms with Gasteiger partial charge in [-0.3, -0.25) is 4.79 Å². The molecular weight excluding hydrogens is 336 g/mol. The maximum atomic E-state index is 12.3. The molecule has 0 aliphatic heterocycles. The largest absolute Gasteiger partial charge is 0.497 e. The fourth-order valence-corrected chi connectivity index (χ4v) is 2.15. The first kappa shape index (κ1) is 15.2. The Morgan fingerprint density at radius 1 is 1.14 bits per heavy atom. The van der Waals surface area contributed by atoms with Crippen LogP contribution in [-0.4, -0.2) is 20.1 Å². The van der Waals surface area contributed by atoms with E-state index in [9.17, 15) is 4.79 Å². The van der Waals surface area contributed by atoms with Crippen LogP contribution in [0, 0.1) is 0 Å². The van der Waals surface area contributed by atoms with E-state index in [-0.39, 0.29) is 5.91 Å². The van der Waals surface area contributed by atoms with Crippen molar-refractivity contribution in [1.29, 1.82) is 0 Å². The summed E-state index contributed by atoms with van der Waals surface area (Å²) in [5.41, 5.74) is 7.31. The quantitative estimate of drug-likeness (QED) is 0.829. The number of anilines is 2. The van der Waals surface area contributed by atoms with E-state index in [1.807, 2.05) is 0 Å². The molecular formula is C15H15BrN2O3. The number of carbonyl (C=O) groups is 1. The smallest absolute Gasteiger partial charge is 0.255 e. The van der Waals surface area contributed by atoms with Crippen molar-refractivity contribution in [3.05, 3.63) is 46.4 Å². The summed E-state index contributed by atoms with van der Waals surface area (Å²) in [6.45, 7) is 0. The average molecular weight is 351 g/mol. The third-order valence-electron chi connectivity index (χ3n) is 2.92. The van der Waals surface area contributed by atoms with Crippen molar-refractivity contribution in [3.63, 3.8) is 0 Å². The van der Waals surface area contributed by atoms with Crippen molar-refractivity contribution >= 4 is 33.2 Å². The second-order valence-corrected chi connectivity index (χ2v) is 5.11. The molecule has 6 heteroatoms. The van der Waals surface area contributed by atoms with Gasteiger partial charge in [0.1, 0.15) is 11.5 Å². The number of hydrogen-bond donors (Lipinski definition) is 2. The van der Waals surface area contributed by atoms with Crippen LogP contribution in [0.4, 0.5) is 11.4 Å². The fourth-order valence-electron chi connectivity index (χ4n) is 1.77. The molecule has 1 amide bonds. The molecule has 0 heterocycles. The first-order chi connectivity index (χ1) is 10.0. The summed E-state index contributed by atoms with van der Waals surface area (Å²) in [5.74, 6) is 0.922. The van der Waals surface area contributed by atoms with E-state index in [1.54, 1.807) is 43.5 Å². The summed E-state index contributed by atoms with van der Waals surface area (Å²) in [5, 5.41) is 2.79. The number of benzene rings is 2. The van der Waals surface area contributed by atoms with Gasteiger partial charge >= 0.3 is 0 Å². The Morgan fingerprint density at radius 3 is 2.52 bits per heavy atom. The van der Waals surface area contributed by atoms with E-state index in [4.69, 9.17) is 15.2 Å². The zero-order valence-corrected chi connectivity index (χ0v) is 13.2. The summed E-state index contributed by atoms with van der Waals surface area (Å²) in [6, 6.07) is 10.2. The molecule has 3 N–H and O–H groups in total. The first-order valence-corrected chi connectivity index (χ1v) is 6.93. The molecule has 0 atom stereocenters. The van der Waals surface area contributed by atoms with E-state index >= 15 is 0 Å². The molecule has 0 aliphatic carbocycles. The molecule has 0 spiro atoms. The van der Waals surface area contributed by atoms with Gasteiger partial charge in [-0.25, -0.2) is 0 Å². The lowest BCUT2D eigenvalue weighted by Gasteiger charge is -2.12. The minimum absolute atomic E-state index is 0.262.